The number of hydrogen-bond acceptors (Lipinski definition) is 4. The van der Waals surface area contributed by atoms with E-state index in [0.29, 0.717) is 34.0 Å². The van der Waals surface area contributed by atoms with Crippen molar-refractivity contribution in [3.63, 3.8) is 0 Å². The average Bonchev–Trinajstić information content (AvgIpc) is 3.05. The third kappa shape index (κ3) is 3.44. The Hall–Kier alpha value is -3.12. The summed E-state index contributed by atoms with van der Waals surface area (Å²) in [5.74, 6) is -0.303. The van der Waals surface area contributed by atoms with Crippen LogP contribution in [0.15, 0.2) is 47.3 Å². The number of nitrogens with one attached hydrogen (secondary N) is 1. The third-order valence-electron chi connectivity index (χ3n) is 4.50. The minimum absolute atomic E-state index is 0.0840. The van der Waals surface area contributed by atoms with Crippen LogP contribution in [0, 0.1) is 0 Å². The molecule has 3 aromatic rings. The van der Waals surface area contributed by atoms with Crippen LogP contribution >= 0.6 is 11.6 Å². The second kappa shape index (κ2) is 6.89. The van der Waals surface area contributed by atoms with Gasteiger partial charge in [-0.2, -0.15) is 0 Å². The van der Waals surface area contributed by atoms with E-state index in [1.54, 1.807) is 22.8 Å². The molecule has 0 amide bonds. The van der Waals surface area contributed by atoms with Crippen molar-refractivity contribution in [2.24, 2.45) is 0 Å². The Bertz CT molecular complexity index is 1130. The average molecular weight is 382 g/mol. The van der Waals surface area contributed by atoms with E-state index in [9.17, 15) is 9.59 Å². The molecule has 1 aliphatic rings. The summed E-state index contributed by atoms with van der Waals surface area (Å²) >= 11 is 5.93. The quantitative estimate of drug-likeness (QED) is 0.722. The van der Waals surface area contributed by atoms with Crippen molar-refractivity contribution in [2.45, 2.75) is 13.0 Å². The van der Waals surface area contributed by atoms with Gasteiger partial charge in [0.05, 0.1) is 10.9 Å². The first-order valence-electron chi connectivity index (χ1n) is 8.48. The molecule has 2 heterocycles. The number of nitrogens with zero attached hydrogens (tertiary/aromatic N) is 2. The van der Waals surface area contributed by atoms with Crippen LogP contribution in [0.25, 0.3) is 22.6 Å². The lowest BCUT2D eigenvalue weighted by molar-refractivity contribution is -0.134. The number of halogens is 1. The second-order valence-electron chi connectivity index (χ2n) is 6.34. The van der Waals surface area contributed by atoms with Gasteiger partial charge in [-0.3, -0.25) is 14.2 Å². The largest absolute Gasteiger partial charge is 0.480 e. The summed E-state index contributed by atoms with van der Waals surface area (Å²) in [6, 6.07) is 12.6. The fourth-order valence-electron chi connectivity index (χ4n) is 3.20. The van der Waals surface area contributed by atoms with Gasteiger partial charge in [0.15, 0.2) is 0 Å². The first kappa shape index (κ1) is 17.3. The zero-order valence-electron chi connectivity index (χ0n) is 14.3. The third-order valence-corrected chi connectivity index (χ3v) is 4.75. The van der Waals surface area contributed by atoms with Gasteiger partial charge in [-0.25, -0.2) is 4.98 Å². The van der Waals surface area contributed by atoms with E-state index in [-0.39, 0.29) is 12.1 Å². The number of hydrogen-bond donors (Lipinski definition) is 2. The number of allylic oxidation sites excluding steroid dienone is 1. The SMILES string of the molecule is O=C(O)CNc1ccc2c(=O)n3c(nc2c1)C(=Cc1ccc(Cl)cc1)CC3. The van der Waals surface area contributed by atoms with Gasteiger partial charge in [0, 0.05) is 17.3 Å². The molecule has 6 nitrogen and oxygen atoms in total. The Kier molecular flexibility index (Phi) is 4.41. The molecule has 1 aliphatic heterocycles. The summed E-state index contributed by atoms with van der Waals surface area (Å²) in [6.07, 6.45) is 2.74. The maximum atomic E-state index is 12.8. The van der Waals surface area contributed by atoms with Crippen LogP contribution < -0.4 is 10.9 Å². The molecule has 4 rings (SSSR count). The molecule has 136 valence electrons. The van der Waals surface area contributed by atoms with Gasteiger partial charge in [-0.1, -0.05) is 23.7 Å². The highest BCUT2D eigenvalue weighted by molar-refractivity contribution is 6.30. The Morgan fingerprint density at radius 1 is 1.26 bits per heavy atom. The monoisotopic (exact) mass is 381 g/mol. The number of anilines is 1. The van der Waals surface area contributed by atoms with Gasteiger partial charge in [0.2, 0.25) is 0 Å². The van der Waals surface area contributed by atoms with E-state index in [1.807, 2.05) is 30.3 Å². The maximum Gasteiger partial charge on any atom is 0.322 e. The lowest BCUT2D eigenvalue weighted by Crippen LogP contribution is -2.21. The second-order valence-corrected chi connectivity index (χ2v) is 6.78. The van der Waals surface area contributed by atoms with Gasteiger partial charge in [-0.15, -0.1) is 0 Å². The van der Waals surface area contributed by atoms with Crippen LogP contribution in [-0.4, -0.2) is 27.2 Å². The zero-order chi connectivity index (χ0) is 19.0. The molecule has 2 N–H and O–H groups in total. The topological polar surface area (TPSA) is 84.2 Å². The number of carboxylic acids is 1. The first-order valence-corrected chi connectivity index (χ1v) is 8.86. The molecule has 0 saturated carbocycles. The molecule has 0 bridgehead atoms. The van der Waals surface area contributed by atoms with Crippen molar-refractivity contribution in [3.8, 4) is 0 Å². The molecule has 7 heteroatoms. The van der Waals surface area contributed by atoms with E-state index in [1.165, 1.54) is 0 Å². The number of aliphatic carboxylic acids is 1. The Morgan fingerprint density at radius 2 is 2.04 bits per heavy atom. The van der Waals surface area contributed by atoms with Gasteiger partial charge >= 0.3 is 5.97 Å². The summed E-state index contributed by atoms with van der Waals surface area (Å²) in [6.45, 7) is 0.396. The van der Waals surface area contributed by atoms with Crippen LogP contribution in [0.2, 0.25) is 5.02 Å². The fourth-order valence-corrected chi connectivity index (χ4v) is 3.33. The number of carbonyl (C=O) groups is 1. The minimum atomic E-state index is -0.953. The predicted molar refractivity (Wildman–Crippen MR) is 106 cm³/mol. The van der Waals surface area contributed by atoms with Gasteiger partial charge in [0.1, 0.15) is 12.4 Å². The summed E-state index contributed by atoms with van der Waals surface area (Å²) in [5, 5.41) is 12.8. The van der Waals surface area contributed by atoms with Crippen molar-refractivity contribution in [3.05, 3.63) is 69.2 Å². The maximum absolute atomic E-state index is 12.8. The highest BCUT2D eigenvalue weighted by Gasteiger charge is 2.21. The number of fused-ring (bicyclic) bond motifs is 2. The van der Waals surface area contributed by atoms with Crippen LogP contribution in [0.3, 0.4) is 0 Å². The Balaban J connectivity index is 1.77. The van der Waals surface area contributed by atoms with Crippen LogP contribution in [0.1, 0.15) is 17.8 Å². The summed E-state index contributed by atoms with van der Waals surface area (Å²) in [7, 11) is 0. The summed E-state index contributed by atoms with van der Waals surface area (Å²) in [5.41, 5.74) is 3.06. The van der Waals surface area contributed by atoms with E-state index in [0.717, 1.165) is 17.6 Å². The zero-order valence-corrected chi connectivity index (χ0v) is 15.0. The van der Waals surface area contributed by atoms with Crippen LogP contribution in [0.4, 0.5) is 5.69 Å². The Morgan fingerprint density at radius 3 is 2.78 bits per heavy atom. The number of carboxylic acid groups (broad SMARTS) is 1. The van der Waals surface area contributed by atoms with E-state index in [4.69, 9.17) is 16.7 Å². The lowest BCUT2D eigenvalue weighted by Gasteiger charge is -2.08. The van der Waals surface area contributed by atoms with Crippen LogP contribution in [-0.2, 0) is 11.3 Å². The van der Waals surface area contributed by atoms with Gasteiger partial charge in [0.25, 0.3) is 5.56 Å². The molecule has 0 atom stereocenters. The Labute approximate surface area is 159 Å². The predicted octanol–water partition coefficient (Wildman–Crippen LogP) is 3.49. The van der Waals surface area contributed by atoms with Gasteiger partial charge < -0.3 is 10.4 Å². The molecule has 0 saturated heterocycles. The smallest absolute Gasteiger partial charge is 0.322 e. The van der Waals surface area contributed by atoms with Crippen molar-refractivity contribution >= 4 is 45.8 Å². The lowest BCUT2D eigenvalue weighted by atomic mass is 10.1. The number of benzene rings is 2. The van der Waals surface area contributed by atoms with Crippen molar-refractivity contribution in [1.29, 1.82) is 0 Å². The molecule has 0 fully saturated rings. The normalized spacial score (nSPS) is 14.5. The minimum Gasteiger partial charge on any atom is -0.480 e. The molecule has 2 aromatic carbocycles. The van der Waals surface area contributed by atoms with E-state index >= 15 is 0 Å². The molecule has 0 spiro atoms. The van der Waals surface area contributed by atoms with Gasteiger partial charge in [-0.05, 0) is 54.0 Å². The van der Waals surface area contributed by atoms with Crippen LogP contribution in [0.5, 0.6) is 0 Å². The fraction of sp³-hybridized carbons (Fsp3) is 0.150. The molecule has 1 aromatic heterocycles. The van der Waals surface area contributed by atoms with Crippen molar-refractivity contribution in [1.82, 2.24) is 9.55 Å². The highest BCUT2D eigenvalue weighted by atomic mass is 35.5. The molecule has 0 unspecified atom stereocenters. The highest BCUT2D eigenvalue weighted by Crippen LogP contribution is 2.28. The molecular formula is C20H16ClN3O3. The van der Waals surface area contributed by atoms with Crippen molar-refractivity contribution < 1.29 is 9.90 Å². The van der Waals surface area contributed by atoms with E-state index < -0.39 is 5.97 Å². The standard InChI is InChI=1S/C20H16ClN3O3/c21-14-3-1-12(2-4-14)9-13-7-8-24-19(13)23-17-10-15(22-11-18(25)26)5-6-16(17)20(24)27/h1-6,9-10,22H,7-8,11H2,(H,25,26). The summed E-state index contributed by atoms with van der Waals surface area (Å²) < 4.78 is 1.69. The molecule has 0 radical (unpaired) electrons. The van der Waals surface area contributed by atoms with Crippen molar-refractivity contribution in [2.75, 3.05) is 11.9 Å². The van der Waals surface area contributed by atoms with E-state index in [2.05, 4.69) is 10.3 Å². The molecule has 27 heavy (non-hydrogen) atoms. The summed E-state index contributed by atoms with van der Waals surface area (Å²) in [4.78, 5) is 28.2. The number of rotatable bonds is 4. The molecular weight excluding hydrogens is 366 g/mol. The first-order chi connectivity index (χ1) is 13.0. The number of aromatic nitrogens is 2. The molecule has 0 aliphatic carbocycles.